The van der Waals surface area contributed by atoms with E-state index >= 15 is 0 Å². The van der Waals surface area contributed by atoms with Crippen LogP contribution in [-0.4, -0.2) is 57.5 Å². The highest BCUT2D eigenvalue weighted by Gasteiger charge is 2.35. The lowest BCUT2D eigenvalue weighted by Gasteiger charge is -2.35. The van der Waals surface area contributed by atoms with Crippen LogP contribution in [0.1, 0.15) is 39.7 Å². The molecule has 0 aliphatic rings. The van der Waals surface area contributed by atoms with E-state index in [1.807, 2.05) is 20.8 Å². The molecule has 3 aromatic rings. The maximum absolute atomic E-state index is 14.2. The number of hydrogen-bond acceptors (Lipinski definition) is 6. The van der Waals surface area contributed by atoms with Crippen LogP contribution < -0.4 is 19.1 Å². The summed E-state index contributed by atoms with van der Waals surface area (Å²) < 4.78 is 53.4. The van der Waals surface area contributed by atoms with Gasteiger partial charge in [-0.1, -0.05) is 36.7 Å². The van der Waals surface area contributed by atoms with Gasteiger partial charge in [-0.3, -0.25) is 13.9 Å². The molecule has 0 spiro atoms. The first-order valence-electron chi connectivity index (χ1n) is 13.6. The Bertz CT molecular complexity index is 1540. The van der Waals surface area contributed by atoms with Crippen LogP contribution in [-0.2, 0) is 26.2 Å². The molecule has 1 atom stereocenters. The second-order valence-corrected chi connectivity index (χ2v) is 13.1. The van der Waals surface area contributed by atoms with Gasteiger partial charge < -0.3 is 19.7 Å². The number of carbonyl (C=O) groups is 2. The number of nitrogens with zero attached hydrogens (tertiary/aromatic N) is 2. The van der Waals surface area contributed by atoms with E-state index in [-0.39, 0.29) is 29.3 Å². The molecule has 3 rings (SSSR count). The van der Waals surface area contributed by atoms with Gasteiger partial charge >= 0.3 is 0 Å². The topological polar surface area (TPSA) is 105 Å². The molecule has 3 aromatic carbocycles. The zero-order chi connectivity index (χ0) is 31.9. The lowest BCUT2D eigenvalue weighted by molar-refractivity contribution is -0.141. The molecule has 0 aromatic heterocycles. The van der Waals surface area contributed by atoms with Crippen LogP contribution in [0.25, 0.3) is 0 Å². The second-order valence-electron chi connectivity index (χ2n) is 10.8. The third kappa shape index (κ3) is 8.39. The third-order valence-electron chi connectivity index (χ3n) is 6.52. The van der Waals surface area contributed by atoms with Crippen LogP contribution in [0, 0.1) is 5.82 Å². The minimum Gasteiger partial charge on any atom is -0.493 e. The van der Waals surface area contributed by atoms with Crippen molar-refractivity contribution in [1.29, 1.82) is 0 Å². The molecule has 2 amide bonds. The highest BCUT2D eigenvalue weighted by atomic mass is 35.5. The van der Waals surface area contributed by atoms with E-state index in [1.54, 1.807) is 31.2 Å². The summed E-state index contributed by atoms with van der Waals surface area (Å²) in [6.07, 6.45) is 0.247. The Labute approximate surface area is 257 Å². The average Bonchev–Trinajstić information content (AvgIpc) is 2.95. The van der Waals surface area contributed by atoms with Crippen molar-refractivity contribution >= 4 is 39.1 Å². The minimum absolute atomic E-state index is 0.0504. The molecule has 0 heterocycles. The average molecular weight is 634 g/mol. The van der Waals surface area contributed by atoms with Gasteiger partial charge in [0.05, 0.1) is 24.8 Å². The van der Waals surface area contributed by atoms with Gasteiger partial charge in [0.15, 0.2) is 11.5 Å². The van der Waals surface area contributed by atoms with Crippen LogP contribution in [0.2, 0.25) is 5.02 Å². The quantitative estimate of drug-likeness (QED) is 0.286. The number of hydrogen-bond donors (Lipinski definition) is 1. The number of amides is 2. The predicted molar refractivity (Wildman–Crippen MR) is 164 cm³/mol. The van der Waals surface area contributed by atoms with Gasteiger partial charge in [-0.05, 0) is 75.2 Å². The van der Waals surface area contributed by atoms with Crippen molar-refractivity contribution in [3.8, 4) is 11.5 Å². The lowest BCUT2D eigenvalue weighted by Crippen LogP contribution is -2.55. The summed E-state index contributed by atoms with van der Waals surface area (Å²) in [5, 5.41) is 3.30. The number of methoxy groups -OCH3 is 2. The molecule has 232 valence electrons. The fraction of sp³-hybridized carbons (Fsp3) is 0.355. The lowest BCUT2D eigenvalue weighted by atomic mass is 10.1. The minimum atomic E-state index is -4.41. The van der Waals surface area contributed by atoms with Crippen molar-refractivity contribution < 1.29 is 31.9 Å². The summed E-state index contributed by atoms with van der Waals surface area (Å²) in [5.41, 5.74) is 0.0468. The molecule has 0 unspecified atom stereocenters. The summed E-state index contributed by atoms with van der Waals surface area (Å²) >= 11 is 6.43. The Morgan fingerprint density at radius 1 is 0.977 bits per heavy atom. The van der Waals surface area contributed by atoms with Crippen LogP contribution in [0.15, 0.2) is 71.6 Å². The van der Waals surface area contributed by atoms with E-state index in [9.17, 15) is 22.4 Å². The molecular formula is C31H37ClFN3O6S. The first-order chi connectivity index (χ1) is 20.2. The highest BCUT2D eigenvalue weighted by molar-refractivity contribution is 7.92. The van der Waals surface area contributed by atoms with Crippen LogP contribution >= 0.6 is 11.6 Å². The summed E-state index contributed by atoms with van der Waals surface area (Å²) in [6.45, 7) is 6.49. The number of anilines is 1. The first kappa shape index (κ1) is 33.7. The molecule has 0 fully saturated rings. The fourth-order valence-electron chi connectivity index (χ4n) is 4.42. The summed E-state index contributed by atoms with van der Waals surface area (Å²) in [5.74, 6) is -1.16. The first-order valence-corrected chi connectivity index (χ1v) is 15.4. The van der Waals surface area contributed by atoms with Gasteiger partial charge in [-0.2, -0.15) is 0 Å². The van der Waals surface area contributed by atoms with E-state index in [1.165, 1.54) is 49.5 Å². The van der Waals surface area contributed by atoms with Gasteiger partial charge in [-0.15, -0.1) is 0 Å². The van der Waals surface area contributed by atoms with E-state index in [2.05, 4.69) is 5.32 Å². The molecule has 9 nitrogen and oxygen atoms in total. The number of sulfonamides is 1. The maximum atomic E-state index is 14.2. The molecule has 43 heavy (non-hydrogen) atoms. The van der Waals surface area contributed by atoms with E-state index in [0.717, 1.165) is 16.4 Å². The van der Waals surface area contributed by atoms with E-state index in [4.69, 9.17) is 21.1 Å². The van der Waals surface area contributed by atoms with Crippen molar-refractivity contribution in [2.24, 2.45) is 0 Å². The van der Waals surface area contributed by atoms with Crippen molar-refractivity contribution in [3.05, 3.63) is 83.1 Å². The van der Waals surface area contributed by atoms with Crippen molar-refractivity contribution in [1.82, 2.24) is 10.2 Å². The van der Waals surface area contributed by atoms with Gasteiger partial charge in [0.25, 0.3) is 10.0 Å². The largest absolute Gasteiger partial charge is 0.493 e. The molecule has 0 aliphatic carbocycles. The molecule has 1 N–H and O–H groups in total. The van der Waals surface area contributed by atoms with Crippen LogP contribution in [0.4, 0.5) is 10.1 Å². The van der Waals surface area contributed by atoms with Gasteiger partial charge in [-0.25, -0.2) is 12.8 Å². The highest BCUT2D eigenvalue weighted by Crippen LogP contribution is 2.32. The summed E-state index contributed by atoms with van der Waals surface area (Å²) in [6, 6.07) is 14.7. The Hall–Kier alpha value is -3.83. The smallest absolute Gasteiger partial charge is 0.264 e. The second kappa shape index (κ2) is 14.1. The molecular weight excluding hydrogens is 597 g/mol. The van der Waals surface area contributed by atoms with Gasteiger partial charge in [0.2, 0.25) is 11.8 Å². The summed E-state index contributed by atoms with van der Waals surface area (Å²) in [4.78, 5) is 28.7. The maximum Gasteiger partial charge on any atom is 0.264 e. The van der Waals surface area contributed by atoms with E-state index in [0.29, 0.717) is 16.3 Å². The zero-order valence-corrected chi connectivity index (χ0v) is 26.6. The molecule has 0 bridgehead atoms. The Balaban J connectivity index is 2.12. The Kier molecular flexibility index (Phi) is 11.0. The molecule has 0 saturated carbocycles. The SMILES string of the molecule is CC[C@@H](C(=O)NC(C)(C)C)N(Cc1ccccc1Cl)C(=O)CN(c1ccc(F)cc1)S(=O)(=O)c1ccc(OC)c(OC)c1. The number of halogens is 2. The summed E-state index contributed by atoms with van der Waals surface area (Å²) in [7, 11) is -1.62. The van der Waals surface area contributed by atoms with Crippen molar-refractivity contribution in [2.45, 2.75) is 57.1 Å². The van der Waals surface area contributed by atoms with Crippen LogP contribution in [0.3, 0.4) is 0 Å². The standard InChI is InChI=1S/C31H37ClFN3O6S/c1-7-26(30(38)34-31(2,3)4)35(19-21-10-8-9-11-25(21)32)29(37)20-36(23-14-12-22(33)13-15-23)43(39,40)24-16-17-27(41-5)28(18-24)42-6/h8-18,26H,7,19-20H2,1-6H3,(H,34,38)/t26-/m0/s1. The number of nitrogens with one attached hydrogen (secondary N) is 1. The van der Waals surface area contributed by atoms with Gasteiger partial charge in [0, 0.05) is 23.2 Å². The normalized spacial score (nSPS) is 12.3. The Morgan fingerprint density at radius 3 is 2.16 bits per heavy atom. The number of carbonyl (C=O) groups excluding carboxylic acids is 2. The predicted octanol–water partition coefficient (Wildman–Crippen LogP) is 5.41. The zero-order valence-electron chi connectivity index (χ0n) is 25.1. The third-order valence-corrected chi connectivity index (χ3v) is 8.66. The Morgan fingerprint density at radius 2 is 1.60 bits per heavy atom. The molecule has 0 saturated heterocycles. The molecule has 12 heteroatoms. The molecule has 0 radical (unpaired) electrons. The molecule has 0 aliphatic heterocycles. The number of ether oxygens (including phenoxy) is 2. The number of rotatable bonds is 12. The monoisotopic (exact) mass is 633 g/mol. The fourth-order valence-corrected chi connectivity index (χ4v) is 6.05. The number of benzene rings is 3. The van der Waals surface area contributed by atoms with Crippen molar-refractivity contribution in [2.75, 3.05) is 25.1 Å². The van der Waals surface area contributed by atoms with E-state index < -0.39 is 45.8 Å². The van der Waals surface area contributed by atoms with Gasteiger partial charge in [0.1, 0.15) is 18.4 Å². The van der Waals surface area contributed by atoms with Crippen LogP contribution in [0.5, 0.6) is 11.5 Å². The van der Waals surface area contributed by atoms with Crippen molar-refractivity contribution in [3.63, 3.8) is 0 Å².